The van der Waals surface area contributed by atoms with E-state index in [9.17, 15) is 4.79 Å². The topological polar surface area (TPSA) is 68.9 Å². The first-order valence-corrected chi connectivity index (χ1v) is 5.67. The van der Waals surface area contributed by atoms with Gasteiger partial charge < -0.3 is 5.73 Å². The Labute approximate surface area is 101 Å². The Morgan fingerprint density at radius 2 is 2.19 bits per heavy atom. The summed E-state index contributed by atoms with van der Waals surface area (Å²) < 4.78 is 0.673. The fourth-order valence-corrected chi connectivity index (χ4v) is 2.26. The van der Waals surface area contributed by atoms with E-state index in [4.69, 9.17) is 17.3 Å². The SMILES string of the molecule is Cc1cc(-c2ccc(Cl)s2)nc(C(N)=O)n1. The molecule has 0 saturated heterocycles. The van der Waals surface area contributed by atoms with Crippen LogP contribution in [0.3, 0.4) is 0 Å². The standard InChI is InChI=1S/C10H8ClN3OS/c1-5-4-6(7-2-3-8(11)16-7)14-10(13-5)9(12)15/h2-4H,1H3,(H2,12,15). The third-order valence-corrected chi connectivity index (χ3v) is 3.15. The highest BCUT2D eigenvalue weighted by Crippen LogP contribution is 2.29. The van der Waals surface area contributed by atoms with E-state index in [-0.39, 0.29) is 5.82 Å². The summed E-state index contributed by atoms with van der Waals surface area (Å²) in [6.07, 6.45) is 0. The Morgan fingerprint density at radius 3 is 2.75 bits per heavy atom. The monoisotopic (exact) mass is 253 g/mol. The van der Waals surface area contributed by atoms with E-state index in [1.165, 1.54) is 11.3 Å². The summed E-state index contributed by atoms with van der Waals surface area (Å²) in [5, 5.41) is 0. The molecule has 0 aliphatic carbocycles. The third-order valence-electron chi connectivity index (χ3n) is 1.90. The lowest BCUT2D eigenvalue weighted by molar-refractivity contribution is 0.0990. The van der Waals surface area contributed by atoms with Gasteiger partial charge in [-0.1, -0.05) is 11.6 Å². The molecule has 0 aromatic carbocycles. The number of nitrogens with two attached hydrogens (primary N) is 1. The highest BCUT2D eigenvalue weighted by atomic mass is 35.5. The summed E-state index contributed by atoms with van der Waals surface area (Å²) in [4.78, 5) is 19.9. The van der Waals surface area contributed by atoms with Crippen LogP contribution < -0.4 is 5.73 Å². The van der Waals surface area contributed by atoms with Gasteiger partial charge in [0, 0.05) is 5.69 Å². The zero-order valence-electron chi connectivity index (χ0n) is 8.40. The van der Waals surface area contributed by atoms with Crippen molar-refractivity contribution >= 4 is 28.8 Å². The molecule has 82 valence electrons. The highest BCUT2D eigenvalue weighted by Gasteiger charge is 2.10. The van der Waals surface area contributed by atoms with Crippen molar-refractivity contribution in [2.24, 2.45) is 5.73 Å². The van der Waals surface area contributed by atoms with Crippen LogP contribution >= 0.6 is 22.9 Å². The lowest BCUT2D eigenvalue weighted by Gasteiger charge is -2.01. The molecule has 16 heavy (non-hydrogen) atoms. The average Bonchev–Trinajstić information content (AvgIpc) is 2.64. The summed E-state index contributed by atoms with van der Waals surface area (Å²) in [6, 6.07) is 5.41. The van der Waals surface area contributed by atoms with Gasteiger partial charge in [0.2, 0.25) is 5.82 Å². The van der Waals surface area contributed by atoms with Crippen LogP contribution in [-0.4, -0.2) is 15.9 Å². The zero-order chi connectivity index (χ0) is 11.7. The van der Waals surface area contributed by atoms with E-state index in [0.717, 1.165) is 4.88 Å². The average molecular weight is 254 g/mol. The number of thiophene rings is 1. The number of amides is 1. The molecule has 0 fully saturated rings. The number of hydrogen-bond donors (Lipinski definition) is 1. The number of aromatic nitrogens is 2. The van der Waals surface area contributed by atoms with Crippen LogP contribution in [-0.2, 0) is 0 Å². The van der Waals surface area contributed by atoms with Crippen LogP contribution in [0.4, 0.5) is 0 Å². The van der Waals surface area contributed by atoms with E-state index >= 15 is 0 Å². The predicted molar refractivity (Wildman–Crippen MR) is 63.6 cm³/mol. The molecule has 2 rings (SSSR count). The summed E-state index contributed by atoms with van der Waals surface area (Å²) >= 11 is 7.23. The van der Waals surface area contributed by atoms with Crippen LogP contribution in [0.15, 0.2) is 18.2 Å². The second-order valence-electron chi connectivity index (χ2n) is 3.19. The molecule has 0 radical (unpaired) electrons. The lowest BCUT2D eigenvalue weighted by Crippen LogP contribution is -2.16. The van der Waals surface area contributed by atoms with Crippen LogP contribution in [0, 0.1) is 6.92 Å². The summed E-state index contributed by atoms with van der Waals surface area (Å²) in [5.41, 5.74) is 6.51. The zero-order valence-corrected chi connectivity index (χ0v) is 9.97. The van der Waals surface area contributed by atoms with Gasteiger partial charge in [0.25, 0.3) is 5.91 Å². The fraction of sp³-hybridized carbons (Fsp3) is 0.100. The van der Waals surface area contributed by atoms with E-state index in [0.29, 0.717) is 15.7 Å². The number of primary amides is 1. The molecule has 0 aliphatic heterocycles. The number of carbonyl (C=O) groups is 1. The fourth-order valence-electron chi connectivity index (χ4n) is 1.26. The molecule has 2 aromatic heterocycles. The second-order valence-corrected chi connectivity index (χ2v) is 4.90. The molecule has 2 N–H and O–H groups in total. The summed E-state index contributed by atoms with van der Waals surface area (Å²) in [6.45, 7) is 1.78. The van der Waals surface area contributed by atoms with Crippen LogP contribution in [0.2, 0.25) is 4.34 Å². The molecule has 0 spiro atoms. The molecule has 0 aliphatic rings. The molecule has 0 unspecified atom stereocenters. The van der Waals surface area contributed by atoms with Crippen molar-refractivity contribution < 1.29 is 4.79 Å². The van der Waals surface area contributed by atoms with E-state index < -0.39 is 5.91 Å². The van der Waals surface area contributed by atoms with Crippen LogP contribution in [0.5, 0.6) is 0 Å². The predicted octanol–water partition coefficient (Wildman–Crippen LogP) is 2.27. The van der Waals surface area contributed by atoms with Crippen molar-refractivity contribution in [3.8, 4) is 10.6 Å². The van der Waals surface area contributed by atoms with E-state index in [1.807, 2.05) is 6.07 Å². The summed E-state index contributed by atoms with van der Waals surface area (Å²) in [7, 11) is 0. The molecule has 0 atom stereocenters. The van der Waals surface area contributed by atoms with Crippen molar-refractivity contribution in [2.45, 2.75) is 6.92 Å². The van der Waals surface area contributed by atoms with Crippen molar-refractivity contribution in [3.63, 3.8) is 0 Å². The van der Waals surface area contributed by atoms with Gasteiger partial charge in [0.15, 0.2) is 0 Å². The Bertz CT molecular complexity index is 553. The number of carbonyl (C=O) groups excluding carboxylic acids is 1. The molecular formula is C10H8ClN3OS. The molecule has 6 heteroatoms. The van der Waals surface area contributed by atoms with Gasteiger partial charge in [-0.15, -0.1) is 11.3 Å². The molecule has 0 saturated carbocycles. The first-order chi connectivity index (χ1) is 7.56. The lowest BCUT2D eigenvalue weighted by atomic mass is 10.3. The van der Waals surface area contributed by atoms with Gasteiger partial charge in [0.1, 0.15) is 0 Å². The number of hydrogen-bond acceptors (Lipinski definition) is 4. The maximum absolute atomic E-state index is 11.0. The largest absolute Gasteiger partial charge is 0.363 e. The Morgan fingerprint density at radius 1 is 1.44 bits per heavy atom. The third kappa shape index (κ3) is 2.20. The van der Waals surface area contributed by atoms with Gasteiger partial charge in [-0.3, -0.25) is 4.79 Å². The van der Waals surface area contributed by atoms with Crippen molar-refractivity contribution in [1.29, 1.82) is 0 Å². The minimum Gasteiger partial charge on any atom is -0.363 e. The Hall–Kier alpha value is -1.46. The quantitative estimate of drug-likeness (QED) is 0.893. The molecule has 1 amide bonds. The van der Waals surface area contributed by atoms with Crippen molar-refractivity contribution in [1.82, 2.24) is 9.97 Å². The maximum atomic E-state index is 11.0. The van der Waals surface area contributed by atoms with Gasteiger partial charge in [-0.05, 0) is 25.1 Å². The number of nitrogens with zero attached hydrogens (tertiary/aromatic N) is 2. The summed E-state index contributed by atoms with van der Waals surface area (Å²) in [5.74, 6) is -0.605. The Balaban J connectivity index is 2.53. The molecule has 4 nitrogen and oxygen atoms in total. The smallest absolute Gasteiger partial charge is 0.286 e. The molecule has 2 aromatic rings. The number of rotatable bonds is 2. The Kier molecular flexibility index (Phi) is 2.89. The number of aryl methyl sites for hydroxylation is 1. The normalized spacial score (nSPS) is 10.4. The van der Waals surface area contributed by atoms with Gasteiger partial charge in [-0.25, -0.2) is 9.97 Å². The second kappa shape index (κ2) is 4.19. The number of halogens is 1. The maximum Gasteiger partial charge on any atom is 0.286 e. The van der Waals surface area contributed by atoms with Gasteiger partial charge in [-0.2, -0.15) is 0 Å². The highest BCUT2D eigenvalue weighted by molar-refractivity contribution is 7.19. The van der Waals surface area contributed by atoms with E-state index in [2.05, 4.69) is 9.97 Å². The minimum absolute atomic E-state index is 0.0273. The van der Waals surface area contributed by atoms with Gasteiger partial charge in [0.05, 0.1) is 14.9 Å². The molecular weight excluding hydrogens is 246 g/mol. The first-order valence-electron chi connectivity index (χ1n) is 4.47. The van der Waals surface area contributed by atoms with Crippen LogP contribution in [0.1, 0.15) is 16.3 Å². The van der Waals surface area contributed by atoms with Crippen molar-refractivity contribution in [3.05, 3.63) is 34.1 Å². The van der Waals surface area contributed by atoms with Crippen LogP contribution in [0.25, 0.3) is 10.6 Å². The van der Waals surface area contributed by atoms with Gasteiger partial charge >= 0.3 is 0 Å². The van der Waals surface area contributed by atoms with Crippen molar-refractivity contribution in [2.75, 3.05) is 0 Å². The van der Waals surface area contributed by atoms with E-state index in [1.54, 1.807) is 19.1 Å². The molecule has 2 heterocycles. The molecule has 0 bridgehead atoms. The first kappa shape index (κ1) is 11.0. The minimum atomic E-state index is -0.632.